The highest BCUT2D eigenvalue weighted by atomic mass is 16.2. The maximum Gasteiger partial charge on any atom is 0.244 e. The van der Waals surface area contributed by atoms with Gasteiger partial charge in [0.1, 0.15) is 0 Å². The molecule has 3 aliphatic rings. The van der Waals surface area contributed by atoms with E-state index in [0.717, 1.165) is 26.1 Å². The van der Waals surface area contributed by atoms with Gasteiger partial charge >= 0.3 is 0 Å². The normalized spacial score (nSPS) is 29.3. The van der Waals surface area contributed by atoms with E-state index in [2.05, 4.69) is 22.0 Å². The fourth-order valence-electron chi connectivity index (χ4n) is 4.00. The largest absolute Gasteiger partial charge is 0.324 e. The highest BCUT2D eigenvalue weighted by Gasteiger charge is 2.48. The molecule has 3 fully saturated rings. The van der Waals surface area contributed by atoms with Crippen molar-refractivity contribution in [2.24, 2.45) is 0 Å². The fraction of sp³-hybridized carbons (Fsp3) is 0.933. The summed E-state index contributed by atoms with van der Waals surface area (Å²) in [6, 6.07) is 0.345. The number of hydrogen-bond donors (Lipinski definition) is 1. The van der Waals surface area contributed by atoms with Gasteiger partial charge in [0, 0.05) is 12.6 Å². The van der Waals surface area contributed by atoms with Gasteiger partial charge in [0.25, 0.3) is 0 Å². The van der Waals surface area contributed by atoms with Gasteiger partial charge in [-0.1, -0.05) is 19.3 Å². The molecule has 1 spiro atoms. The second kappa shape index (κ2) is 5.41. The SMILES string of the molecule is CC(CN1CCCCC1)N1CNC2(CCCC2)C1=O. The number of nitrogens with one attached hydrogen (secondary N) is 1. The van der Waals surface area contributed by atoms with Gasteiger partial charge in [-0.2, -0.15) is 0 Å². The van der Waals surface area contributed by atoms with Crippen LogP contribution in [0.25, 0.3) is 0 Å². The predicted octanol–water partition coefficient (Wildman–Crippen LogP) is 1.56. The number of hydrogen-bond acceptors (Lipinski definition) is 3. The average Bonchev–Trinajstić information content (AvgIpc) is 3.01. The molecule has 1 N–H and O–H groups in total. The first kappa shape index (κ1) is 13.4. The van der Waals surface area contributed by atoms with E-state index in [0.29, 0.717) is 11.9 Å². The second-order valence-electron chi connectivity index (χ2n) is 6.61. The van der Waals surface area contributed by atoms with Crippen molar-refractivity contribution in [3.8, 4) is 0 Å². The minimum atomic E-state index is -0.184. The maximum absolute atomic E-state index is 12.7. The Morgan fingerprint density at radius 2 is 1.84 bits per heavy atom. The quantitative estimate of drug-likeness (QED) is 0.841. The highest BCUT2D eigenvalue weighted by Crippen LogP contribution is 2.35. The minimum absolute atomic E-state index is 0.184. The molecule has 19 heavy (non-hydrogen) atoms. The zero-order valence-corrected chi connectivity index (χ0v) is 12.2. The molecule has 1 amide bonds. The summed E-state index contributed by atoms with van der Waals surface area (Å²) in [6.07, 6.45) is 8.50. The lowest BCUT2D eigenvalue weighted by atomic mass is 9.97. The van der Waals surface area contributed by atoms with Crippen LogP contribution >= 0.6 is 0 Å². The molecule has 4 nitrogen and oxygen atoms in total. The van der Waals surface area contributed by atoms with Crippen molar-refractivity contribution in [2.75, 3.05) is 26.3 Å². The third kappa shape index (κ3) is 2.52. The Bertz CT molecular complexity index is 332. The van der Waals surface area contributed by atoms with E-state index in [1.165, 1.54) is 45.2 Å². The van der Waals surface area contributed by atoms with Gasteiger partial charge in [-0.3, -0.25) is 10.1 Å². The summed E-state index contributed by atoms with van der Waals surface area (Å²) in [5.41, 5.74) is -0.184. The van der Waals surface area contributed by atoms with Crippen LogP contribution in [0.1, 0.15) is 51.9 Å². The zero-order valence-electron chi connectivity index (χ0n) is 12.2. The molecular weight excluding hydrogens is 238 g/mol. The topological polar surface area (TPSA) is 35.6 Å². The molecule has 0 aromatic carbocycles. The number of piperidine rings is 1. The summed E-state index contributed by atoms with van der Waals surface area (Å²) in [5, 5.41) is 3.51. The number of nitrogens with zero attached hydrogens (tertiary/aromatic N) is 2. The average molecular weight is 265 g/mol. The monoisotopic (exact) mass is 265 g/mol. The Kier molecular flexibility index (Phi) is 3.81. The van der Waals surface area contributed by atoms with Gasteiger partial charge in [-0.05, 0) is 45.7 Å². The molecule has 2 aliphatic heterocycles. The van der Waals surface area contributed by atoms with Crippen LogP contribution in [0.15, 0.2) is 0 Å². The molecule has 1 atom stereocenters. The van der Waals surface area contributed by atoms with Crippen molar-refractivity contribution < 1.29 is 4.79 Å². The number of carbonyl (C=O) groups excluding carboxylic acids is 1. The minimum Gasteiger partial charge on any atom is -0.324 e. The molecule has 0 bridgehead atoms. The number of amides is 1. The van der Waals surface area contributed by atoms with Crippen LogP contribution in [0.3, 0.4) is 0 Å². The molecule has 1 aliphatic carbocycles. The van der Waals surface area contributed by atoms with Crippen LogP contribution in [0.5, 0.6) is 0 Å². The summed E-state index contributed by atoms with van der Waals surface area (Å²) in [4.78, 5) is 17.3. The van der Waals surface area contributed by atoms with Crippen molar-refractivity contribution in [3.05, 3.63) is 0 Å². The Morgan fingerprint density at radius 1 is 1.16 bits per heavy atom. The standard InChI is InChI=1S/C15H27N3O/c1-13(11-17-9-5-2-6-10-17)18-12-16-15(14(18)19)7-3-4-8-15/h13,16H,2-12H2,1H3. The molecule has 108 valence electrons. The van der Waals surface area contributed by atoms with Crippen molar-refractivity contribution in [1.82, 2.24) is 15.1 Å². The van der Waals surface area contributed by atoms with Crippen LogP contribution in [0.4, 0.5) is 0 Å². The highest BCUT2D eigenvalue weighted by molar-refractivity contribution is 5.88. The van der Waals surface area contributed by atoms with Crippen molar-refractivity contribution in [3.63, 3.8) is 0 Å². The molecule has 0 radical (unpaired) electrons. The van der Waals surface area contributed by atoms with Crippen molar-refractivity contribution in [2.45, 2.75) is 63.5 Å². The zero-order chi connectivity index (χ0) is 13.3. The lowest BCUT2D eigenvalue weighted by molar-refractivity contribution is -0.134. The van der Waals surface area contributed by atoms with Gasteiger partial charge in [-0.15, -0.1) is 0 Å². The molecule has 0 aromatic rings. The number of carbonyl (C=O) groups is 1. The Hall–Kier alpha value is -0.610. The number of rotatable bonds is 3. The van der Waals surface area contributed by atoms with Gasteiger partial charge in [0.15, 0.2) is 0 Å². The Balaban J connectivity index is 1.58. The fourth-order valence-corrected chi connectivity index (χ4v) is 4.00. The maximum atomic E-state index is 12.7. The van der Waals surface area contributed by atoms with E-state index in [9.17, 15) is 4.79 Å². The van der Waals surface area contributed by atoms with Gasteiger partial charge in [0.2, 0.25) is 5.91 Å². The summed E-state index contributed by atoms with van der Waals surface area (Å²) in [7, 11) is 0. The van der Waals surface area contributed by atoms with E-state index >= 15 is 0 Å². The Labute approximate surface area is 116 Å². The van der Waals surface area contributed by atoms with Crippen LogP contribution in [0.2, 0.25) is 0 Å². The van der Waals surface area contributed by atoms with Gasteiger partial charge in [-0.25, -0.2) is 0 Å². The first-order valence-corrected chi connectivity index (χ1v) is 8.00. The summed E-state index contributed by atoms with van der Waals surface area (Å²) in [6.45, 7) is 6.44. The molecule has 0 aromatic heterocycles. The molecule has 1 unspecified atom stereocenters. The molecule has 3 rings (SSSR count). The smallest absolute Gasteiger partial charge is 0.244 e. The van der Waals surface area contributed by atoms with E-state index < -0.39 is 0 Å². The van der Waals surface area contributed by atoms with Crippen molar-refractivity contribution >= 4 is 5.91 Å². The van der Waals surface area contributed by atoms with Gasteiger partial charge < -0.3 is 9.80 Å². The van der Waals surface area contributed by atoms with E-state index in [1.807, 2.05) is 0 Å². The summed E-state index contributed by atoms with van der Waals surface area (Å²) >= 11 is 0. The van der Waals surface area contributed by atoms with E-state index in [-0.39, 0.29) is 5.54 Å². The molecule has 2 heterocycles. The third-order valence-electron chi connectivity index (χ3n) is 5.22. The first-order chi connectivity index (χ1) is 9.21. The summed E-state index contributed by atoms with van der Waals surface area (Å²) in [5.74, 6) is 0.370. The van der Waals surface area contributed by atoms with Crippen LogP contribution < -0.4 is 5.32 Å². The molecular formula is C15H27N3O. The van der Waals surface area contributed by atoms with Crippen LogP contribution in [-0.4, -0.2) is 53.6 Å². The van der Waals surface area contributed by atoms with Crippen molar-refractivity contribution in [1.29, 1.82) is 0 Å². The second-order valence-corrected chi connectivity index (χ2v) is 6.61. The predicted molar refractivity (Wildman–Crippen MR) is 75.8 cm³/mol. The summed E-state index contributed by atoms with van der Waals surface area (Å²) < 4.78 is 0. The van der Waals surface area contributed by atoms with E-state index in [1.54, 1.807) is 0 Å². The van der Waals surface area contributed by atoms with E-state index in [4.69, 9.17) is 0 Å². The Morgan fingerprint density at radius 3 is 2.53 bits per heavy atom. The lowest BCUT2D eigenvalue weighted by Crippen LogP contribution is -2.48. The van der Waals surface area contributed by atoms with Crippen LogP contribution in [0, 0.1) is 0 Å². The lowest BCUT2D eigenvalue weighted by Gasteiger charge is -2.33. The molecule has 4 heteroatoms. The third-order valence-corrected chi connectivity index (χ3v) is 5.22. The molecule has 1 saturated carbocycles. The first-order valence-electron chi connectivity index (χ1n) is 8.00. The number of likely N-dealkylation sites (tertiary alicyclic amines) is 1. The van der Waals surface area contributed by atoms with Crippen LogP contribution in [-0.2, 0) is 4.79 Å². The van der Waals surface area contributed by atoms with Gasteiger partial charge in [0.05, 0.1) is 12.2 Å². The molecule has 2 saturated heterocycles.